The summed E-state index contributed by atoms with van der Waals surface area (Å²) < 4.78 is 1.09. The molecule has 0 aliphatic heterocycles. The Kier molecular flexibility index (Phi) is 5.44. The lowest BCUT2D eigenvalue weighted by atomic mass is 10.1. The summed E-state index contributed by atoms with van der Waals surface area (Å²) in [6, 6.07) is 14.4. The summed E-state index contributed by atoms with van der Waals surface area (Å²) >= 11 is 9.56. The van der Waals surface area contributed by atoms with Crippen molar-refractivity contribution >= 4 is 27.5 Å². The van der Waals surface area contributed by atoms with Crippen molar-refractivity contribution in [1.82, 2.24) is 5.32 Å². The van der Waals surface area contributed by atoms with Crippen molar-refractivity contribution in [3.8, 4) is 0 Å². The maximum Gasteiger partial charge on any atom is 0.0410 e. The molecule has 0 aromatic heterocycles. The molecule has 0 saturated carbocycles. The topological polar surface area (TPSA) is 12.0 Å². The molecule has 2 aromatic rings. The van der Waals surface area contributed by atoms with Crippen LogP contribution in [-0.4, -0.2) is 0 Å². The Hall–Kier alpha value is -0.830. The quantitative estimate of drug-likeness (QED) is 0.813. The van der Waals surface area contributed by atoms with Crippen LogP contribution in [0.5, 0.6) is 0 Å². The van der Waals surface area contributed by atoms with E-state index in [1.54, 1.807) is 0 Å². The molecule has 2 aromatic carbocycles. The van der Waals surface area contributed by atoms with Crippen LogP contribution in [-0.2, 0) is 19.5 Å². The largest absolute Gasteiger partial charge is 0.309 e. The Balaban J connectivity index is 1.98. The molecule has 1 N–H and O–H groups in total. The van der Waals surface area contributed by atoms with Gasteiger partial charge >= 0.3 is 0 Å². The summed E-state index contributed by atoms with van der Waals surface area (Å²) in [4.78, 5) is 0. The molecule has 3 heteroatoms. The summed E-state index contributed by atoms with van der Waals surface area (Å²) in [5.41, 5.74) is 3.95. The standard InChI is InChI=1S/C16H17BrClN/c1-2-12-5-3-4-6-13(12)10-19-11-14-9-15(18)7-8-16(14)17/h3-9,19H,2,10-11H2,1H3. The van der Waals surface area contributed by atoms with Gasteiger partial charge in [0.25, 0.3) is 0 Å². The minimum Gasteiger partial charge on any atom is -0.309 e. The highest BCUT2D eigenvalue weighted by atomic mass is 79.9. The molecule has 0 unspecified atom stereocenters. The maximum atomic E-state index is 6.01. The van der Waals surface area contributed by atoms with Gasteiger partial charge in [-0.05, 0) is 41.3 Å². The van der Waals surface area contributed by atoms with E-state index < -0.39 is 0 Å². The van der Waals surface area contributed by atoms with Gasteiger partial charge in [-0.25, -0.2) is 0 Å². The summed E-state index contributed by atoms with van der Waals surface area (Å²) in [7, 11) is 0. The lowest BCUT2D eigenvalue weighted by molar-refractivity contribution is 0.686. The van der Waals surface area contributed by atoms with Crippen molar-refractivity contribution in [3.05, 3.63) is 68.7 Å². The number of halogens is 2. The van der Waals surface area contributed by atoms with E-state index in [1.807, 2.05) is 18.2 Å². The number of nitrogens with one attached hydrogen (secondary N) is 1. The zero-order chi connectivity index (χ0) is 13.7. The van der Waals surface area contributed by atoms with E-state index in [9.17, 15) is 0 Å². The Labute approximate surface area is 128 Å². The van der Waals surface area contributed by atoms with E-state index in [0.29, 0.717) is 0 Å². The molecule has 0 bridgehead atoms. The second-order valence-corrected chi connectivity index (χ2v) is 5.75. The van der Waals surface area contributed by atoms with Gasteiger partial charge in [-0.1, -0.05) is 58.7 Å². The lowest BCUT2D eigenvalue weighted by Crippen LogP contribution is -2.14. The molecule has 0 spiro atoms. The smallest absolute Gasteiger partial charge is 0.0410 e. The van der Waals surface area contributed by atoms with Crippen LogP contribution >= 0.6 is 27.5 Å². The first kappa shape index (κ1) is 14.6. The molecule has 0 heterocycles. The van der Waals surface area contributed by atoms with Crippen LogP contribution in [0.4, 0.5) is 0 Å². The summed E-state index contributed by atoms with van der Waals surface area (Å²) in [6.45, 7) is 3.87. The number of aryl methyl sites for hydroxylation is 1. The number of hydrogen-bond donors (Lipinski definition) is 1. The Morgan fingerprint density at radius 2 is 1.68 bits per heavy atom. The van der Waals surface area contributed by atoms with Crippen LogP contribution in [0, 0.1) is 0 Å². The molecule has 0 atom stereocenters. The molecular weight excluding hydrogens is 322 g/mol. The first-order valence-electron chi connectivity index (χ1n) is 6.42. The Morgan fingerprint density at radius 1 is 1.00 bits per heavy atom. The molecule has 0 aliphatic rings. The average Bonchev–Trinajstić information content (AvgIpc) is 2.43. The van der Waals surface area contributed by atoms with Gasteiger partial charge in [0, 0.05) is 22.6 Å². The SMILES string of the molecule is CCc1ccccc1CNCc1cc(Cl)ccc1Br. The van der Waals surface area contributed by atoms with Gasteiger partial charge in [0.15, 0.2) is 0 Å². The number of rotatable bonds is 5. The van der Waals surface area contributed by atoms with E-state index in [1.165, 1.54) is 16.7 Å². The zero-order valence-electron chi connectivity index (χ0n) is 10.9. The fraction of sp³-hybridized carbons (Fsp3) is 0.250. The predicted molar refractivity (Wildman–Crippen MR) is 85.5 cm³/mol. The first-order chi connectivity index (χ1) is 9.20. The molecule has 0 amide bonds. The number of benzene rings is 2. The van der Waals surface area contributed by atoms with Crippen molar-refractivity contribution in [2.75, 3.05) is 0 Å². The highest BCUT2D eigenvalue weighted by Crippen LogP contribution is 2.21. The van der Waals surface area contributed by atoms with E-state index in [2.05, 4.69) is 52.4 Å². The third kappa shape index (κ3) is 4.07. The van der Waals surface area contributed by atoms with Gasteiger partial charge in [-0.3, -0.25) is 0 Å². The summed E-state index contributed by atoms with van der Waals surface area (Å²) in [6.07, 6.45) is 1.07. The van der Waals surface area contributed by atoms with E-state index in [-0.39, 0.29) is 0 Å². The zero-order valence-corrected chi connectivity index (χ0v) is 13.3. The van der Waals surface area contributed by atoms with Crippen LogP contribution in [0.1, 0.15) is 23.6 Å². The summed E-state index contributed by atoms with van der Waals surface area (Å²) in [5.74, 6) is 0. The molecule has 0 aliphatic carbocycles. The minimum atomic E-state index is 0.772. The van der Waals surface area contributed by atoms with Crippen molar-refractivity contribution in [3.63, 3.8) is 0 Å². The highest BCUT2D eigenvalue weighted by molar-refractivity contribution is 9.10. The van der Waals surface area contributed by atoms with Gasteiger partial charge in [-0.15, -0.1) is 0 Å². The van der Waals surface area contributed by atoms with Gasteiger partial charge < -0.3 is 5.32 Å². The van der Waals surface area contributed by atoms with Crippen LogP contribution < -0.4 is 5.32 Å². The van der Waals surface area contributed by atoms with E-state index in [4.69, 9.17) is 11.6 Å². The van der Waals surface area contributed by atoms with Crippen molar-refractivity contribution in [2.45, 2.75) is 26.4 Å². The fourth-order valence-corrected chi connectivity index (χ4v) is 2.67. The molecule has 0 radical (unpaired) electrons. The maximum absolute atomic E-state index is 6.01. The van der Waals surface area contributed by atoms with Gasteiger partial charge in [0.1, 0.15) is 0 Å². The number of hydrogen-bond acceptors (Lipinski definition) is 1. The third-order valence-corrected chi connectivity index (χ3v) is 4.15. The fourth-order valence-electron chi connectivity index (χ4n) is 2.09. The molecular formula is C16H17BrClN. The molecule has 19 heavy (non-hydrogen) atoms. The normalized spacial score (nSPS) is 10.7. The summed E-state index contributed by atoms with van der Waals surface area (Å²) in [5, 5.41) is 4.24. The highest BCUT2D eigenvalue weighted by Gasteiger charge is 2.02. The van der Waals surface area contributed by atoms with Crippen molar-refractivity contribution < 1.29 is 0 Å². The van der Waals surface area contributed by atoms with Crippen molar-refractivity contribution in [1.29, 1.82) is 0 Å². The van der Waals surface area contributed by atoms with Crippen molar-refractivity contribution in [2.24, 2.45) is 0 Å². The van der Waals surface area contributed by atoms with Crippen LogP contribution in [0.2, 0.25) is 5.02 Å². The second kappa shape index (κ2) is 7.09. The predicted octanol–water partition coefficient (Wildman–Crippen LogP) is 4.95. The van der Waals surface area contributed by atoms with E-state index in [0.717, 1.165) is 29.0 Å². The van der Waals surface area contributed by atoms with Gasteiger partial charge in [0.05, 0.1) is 0 Å². The van der Waals surface area contributed by atoms with Crippen LogP contribution in [0.3, 0.4) is 0 Å². The molecule has 1 nitrogen and oxygen atoms in total. The third-order valence-electron chi connectivity index (χ3n) is 3.14. The lowest BCUT2D eigenvalue weighted by Gasteiger charge is -2.10. The molecule has 0 fully saturated rings. The molecule has 0 saturated heterocycles. The second-order valence-electron chi connectivity index (χ2n) is 4.46. The van der Waals surface area contributed by atoms with Crippen LogP contribution in [0.25, 0.3) is 0 Å². The Morgan fingerprint density at radius 3 is 2.42 bits per heavy atom. The average molecular weight is 339 g/mol. The Bertz CT molecular complexity index is 554. The van der Waals surface area contributed by atoms with Crippen LogP contribution in [0.15, 0.2) is 46.9 Å². The monoisotopic (exact) mass is 337 g/mol. The first-order valence-corrected chi connectivity index (χ1v) is 7.59. The molecule has 100 valence electrons. The van der Waals surface area contributed by atoms with Gasteiger partial charge in [0.2, 0.25) is 0 Å². The van der Waals surface area contributed by atoms with Gasteiger partial charge in [-0.2, -0.15) is 0 Å². The van der Waals surface area contributed by atoms with E-state index >= 15 is 0 Å². The molecule has 2 rings (SSSR count). The minimum absolute atomic E-state index is 0.772.